The van der Waals surface area contributed by atoms with Crippen molar-refractivity contribution in [3.8, 4) is 0 Å². The normalized spacial score (nSPS) is 46.6. The highest BCUT2D eigenvalue weighted by Gasteiger charge is 2.64. The lowest BCUT2D eigenvalue weighted by molar-refractivity contribution is -0.165. The van der Waals surface area contributed by atoms with Crippen LogP contribution >= 0.6 is 0 Å². The van der Waals surface area contributed by atoms with Crippen molar-refractivity contribution >= 4 is 11.9 Å². The maximum Gasteiger partial charge on any atom is 0.310 e. The molecule has 0 heterocycles. The molecule has 27 heavy (non-hydrogen) atoms. The molecule has 0 aromatic carbocycles. The summed E-state index contributed by atoms with van der Waals surface area (Å²) in [5.41, 5.74) is -2.05. The average molecular weight is 379 g/mol. The summed E-state index contributed by atoms with van der Waals surface area (Å²) in [6.07, 6.45) is 7.59. The van der Waals surface area contributed by atoms with Gasteiger partial charge in [-0.1, -0.05) is 32.9 Å². The predicted molar refractivity (Wildman–Crippen MR) is 102 cm³/mol. The van der Waals surface area contributed by atoms with Crippen LogP contribution in [-0.4, -0.2) is 32.9 Å². The Morgan fingerprint density at radius 2 is 1.81 bits per heavy atom. The van der Waals surface area contributed by atoms with Crippen molar-refractivity contribution in [1.29, 1.82) is 0 Å². The summed E-state index contributed by atoms with van der Waals surface area (Å²) >= 11 is 0. The van der Waals surface area contributed by atoms with Gasteiger partial charge in [0.25, 0.3) is 0 Å². The Morgan fingerprint density at radius 3 is 2.37 bits per heavy atom. The predicted octanol–water partition coefficient (Wildman–Crippen LogP) is 3.96. The molecule has 0 aromatic rings. The van der Waals surface area contributed by atoms with E-state index in [-0.39, 0.29) is 35.5 Å². The summed E-state index contributed by atoms with van der Waals surface area (Å²) in [7, 11) is 0. The Morgan fingerprint density at radius 1 is 1.15 bits per heavy atom. The molecule has 0 aliphatic heterocycles. The summed E-state index contributed by atoms with van der Waals surface area (Å²) in [6.45, 7) is 8.12. The molecule has 3 rings (SSSR count). The van der Waals surface area contributed by atoms with E-state index in [0.717, 1.165) is 19.3 Å². The third-order valence-electron chi connectivity index (χ3n) is 8.26. The van der Waals surface area contributed by atoms with E-state index in [1.165, 1.54) is 0 Å². The highest BCUT2D eigenvalue weighted by atomic mass is 16.4. The fraction of sp³-hybridized carbons (Fsp3) is 0.818. The van der Waals surface area contributed by atoms with Gasteiger partial charge in [-0.25, -0.2) is 0 Å². The van der Waals surface area contributed by atoms with Crippen molar-refractivity contribution in [2.75, 3.05) is 0 Å². The molecule has 7 unspecified atom stereocenters. The zero-order valence-corrected chi connectivity index (χ0v) is 16.9. The van der Waals surface area contributed by atoms with Crippen LogP contribution in [0.4, 0.5) is 0 Å². The molecule has 152 valence electrons. The van der Waals surface area contributed by atoms with Gasteiger partial charge in [0.05, 0.1) is 17.4 Å². The van der Waals surface area contributed by atoms with Crippen LogP contribution in [0.25, 0.3) is 0 Å². The maximum atomic E-state index is 12.5. The van der Waals surface area contributed by atoms with Crippen LogP contribution in [0.5, 0.6) is 0 Å². The number of fused-ring (bicyclic) bond motifs is 3. The SMILES string of the molecule is CC(C)C1CCC2C3C=CC(C)(O)C(CC(=O)O)CC3(C)CCC12C(=O)O. The van der Waals surface area contributed by atoms with Crippen molar-refractivity contribution in [3.63, 3.8) is 0 Å². The van der Waals surface area contributed by atoms with Gasteiger partial charge in [0.1, 0.15) is 0 Å². The second-order valence-electron chi connectivity index (χ2n) is 10.1. The fourth-order valence-corrected chi connectivity index (χ4v) is 6.82. The van der Waals surface area contributed by atoms with Crippen LogP contribution in [0.2, 0.25) is 0 Å². The number of rotatable bonds is 4. The fourth-order valence-electron chi connectivity index (χ4n) is 6.82. The largest absolute Gasteiger partial charge is 0.481 e. The van der Waals surface area contributed by atoms with Crippen LogP contribution in [0, 0.1) is 40.4 Å². The lowest BCUT2D eigenvalue weighted by atomic mass is 9.50. The van der Waals surface area contributed by atoms with E-state index in [1.54, 1.807) is 13.0 Å². The molecule has 0 spiro atoms. The van der Waals surface area contributed by atoms with Gasteiger partial charge in [-0.05, 0) is 68.1 Å². The Kier molecular flexibility index (Phi) is 4.99. The van der Waals surface area contributed by atoms with Gasteiger partial charge in [-0.15, -0.1) is 0 Å². The number of carbonyl (C=O) groups is 2. The molecule has 0 aromatic heterocycles. The Hall–Kier alpha value is -1.36. The standard InChI is InChI=1S/C22H34O5/c1-13(2)15-5-6-17-16-7-8-21(4,27)14(11-18(23)24)12-20(16,3)9-10-22(15,17)19(25)26/h7-8,13-17,27H,5-6,9-12H2,1-4H3,(H,23,24)(H,25,26). The van der Waals surface area contributed by atoms with Gasteiger partial charge < -0.3 is 15.3 Å². The minimum absolute atomic E-state index is 0.0526. The van der Waals surface area contributed by atoms with Gasteiger partial charge in [-0.3, -0.25) is 9.59 Å². The van der Waals surface area contributed by atoms with Crippen molar-refractivity contribution in [2.24, 2.45) is 40.4 Å². The third kappa shape index (κ3) is 3.12. The number of carboxylic acids is 2. The number of aliphatic hydroxyl groups is 1. The molecule has 2 fully saturated rings. The quantitative estimate of drug-likeness (QED) is 0.644. The first-order valence-electron chi connectivity index (χ1n) is 10.3. The Bertz CT molecular complexity index is 651. The minimum Gasteiger partial charge on any atom is -0.481 e. The molecule has 5 heteroatoms. The molecule has 0 bridgehead atoms. The Labute approximate surface area is 161 Å². The summed E-state index contributed by atoms with van der Waals surface area (Å²) < 4.78 is 0. The van der Waals surface area contributed by atoms with Crippen LogP contribution in [0.15, 0.2) is 12.2 Å². The molecular weight excluding hydrogens is 344 g/mol. The maximum absolute atomic E-state index is 12.5. The smallest absolute Gasteiger partial charge is 0.310 e. The molecule has 7 atom stereocenters. The molecule has 0 radical (unpaired) electrons. The number of hydrogen-bond donors (Lipinski definition) is 3. The highest BCUT2D eigenvalue weighted by Crippen LogP contribution is 2.66. The first-order chi connectivity index (χ1) is 12.4. The Balaban J connectivity index is 2.02. The number of aliphatic carboxylic acids is 2. The number of allylic oxidation sites excluding steroid dienone is 1. The van der Waals surface area contributed by atoms with Crippen LogP contribution in [0.1, 0.15) is 66.2 Å². The van der Waals surface area contributed by atoms with Crippen molar-refractivity contribution in [3.05, 3.63) is 12.2 Å². The molecular formula is C22H34O5. The molecule has 2 saturated carbocycles. The lowest BCUT2D eigenvalue weighted by Gasteiger charge is -2.53. The van der Waals surface area contributed by atoms with Gasteiger partial charge >= 0.3 is 11.9 Å². The lowest BCUT2D eigenvalue weighted by Crippen LogP contribution is -2.52. The van der Waals surface area contributed by atoms with E-state index in [4.69, 9.17) is 0 Å². The average Bonchev–Trinajstić information content (AvgIpc) is 2.89. The van der Waals surface area contributed by atoms with Crippen LogP contribution < -0.4 is 0 Å². The van der Waals surface area contributed by atoms with E-state index >= 15 is 0 Å². The zero-order valence-electron chi connectivity index (χ0n) is 16.9. The molecule has 3 aliphatic rings. The summed E-state index contributed by atoms with van der Waals surface area (Å²) in [6, 6.07) is 0. The summed E-state index contributed by atoms with van der Waals surface area (Å²) in [4.78, 5) is 23.9. The van der Waals surface area contributed by atoms with E-state index in [2.05, 4.69) is 20.8 Å². The first-order valence-corrected chi connectivity index (χ1v) is 10.3. The molecule has 0 saturated heterocycles. The van der Waals surface area contributed by atoms with Crippen LogP contribution in [0.3, 0.4) is 0 Å². The summed E-state index contributed by atoms with van der Waals surface area (Å²) in [5, 5.41) is 30.5. The minimum atomic E-state index is -1.18. The highest BCUT2D eigenvalue weighted by molar-refractivity contribution is 5.76. The van der Waals surface area contributed by atoms with E-state index in [0.29, 0.717) is 18.8 Å². The summed E-state index contributed by atoms with van der Waals surface area (Å²) in [5.74, 6) is -1.30. The monoisotopic (exact) mass is 378 g/mol. The first kappa shape index (κ1) is 20.4. The molecule has 0 amide bonds. The van der Waals surface area contributed by atoms with Crippen molar-refractivity contribution in [2.45, 2.75) is 71.8 Å². The second kappa shape index (κ2) is 6.61. The van der Waals surface area contributed by atoms with E-state index in [1.807, 2.05) is 6.08 Å². The van der Waals surface area contributed by atoms with E-state index in [9.17, 15) is 24.9 Å². The molecule has 5 nitrogen and oxygen atoms in total. The van der Waals surface area contributed by atoms with Gasteiger partial charge in [0.15, 0.2) is 0 Å². The van der Waals surface area contributed by atoms with Crippen LogP contribution in [-0.2, 0) is 9.59 Å². The van der Waals surface area contributed by atoms with Crippen molar-refractivity contribution in [1.82, 2.24) is 0 Å². The topological polar surface area (TPSA) is 94.8 Å². The third-order valence-corrected chi connectivity index (χ3v) is 8.26. The van der Waals surface area contributed by atoms with Gasteiger partial charge in [0.2, 0.25) is 0 Å². The molecule has 3 N–H and O–H groups in total. The van der Waals surface area contributed by atoms with Gasteiger partial charge in [0, 0.05) is 5.92 Å². The zero-order chi connectivity index (χ0) is 20.2. The number of hydrogen-bond acceptors (Lipinski definition) is 3. The van der Waals surface area contributed by atoms with Gasteiger partial charge in [-0.2, -0.15) is 0 Å². The van der Waals surface area contributed by atoms with Crippen molar-refractivity contribution < 1.29 is 24.9 Å². The molecule has 3 aliphatic carbocycles. The second-order valence-corrected chi connectivity index (χ2v) is 10.1. The van der Waals surface area contributed by atoms with E-state index < -0.39 is 23.0 Å². The number of carboxylic acid groups (broad SMARTS) is 2.